The molecule has 6 heteroatoms. The summed E-state index contributed by atoms with van der Waals surface area (Å²) >= 11 is 0. The van der Waals surface area contributed by atoms with E-state index in [1.54, 1.807) is 15.3 Å². The van der Waals surface area contributed by atoms with Crippen molar-refractivity contribution in [2.45, 2.75) is 40.2 Å². The van der Waals surface area contributed by atoms with Gasteiger partial charge in [0.1, 0.15) is 17.1 Å². The van der Waals surface area contributed by atoms with Crippen molar-refractivity contribution in [1.82, 2.24) is 19.3 Å². The van der Waals surface area contributed by atoms with E-state index in [0.29, 0.717) is 24.1 Å². The molecule has 34 heavy (non-hydrogen) atoms. The molecule has 0 fully saturated rings. The summed E-state index contributed by atoms with van der Waals surface area (Å²) in [6.45, 7) is 8.52. The first kappa shape index (κ1) is 21.9. The Morgan fingerprint density at radius 1 is 0.971 bits per heavy atom. The maximum absolute atomic E-state index is 13.3. The highest BCUT2D eigenvalue weighted by atomic mass is 16.4. The van der Waals surface area contributed by atoms with Crippen molar-refractivity contribution in [2.75, 3.05) is 0 Å². The van der Waals surface area contributed by atoms with Crippen LogP contribution in [0, 0.1) is 13.8 Å². The van der Waals surface area contributed by atoms with Crippen LogP contribution in [0.5, 0.6) is 0 Å². The zero-order valence-corrected chi connectivity index (χ0v) is 20.2. The number of nitrogens with zero attached hydrogens (tertiary/aromatic N) is 4. The molecule has 6 nitrogen and oxygen atoms in total. The Kier molecular flexibility index (Phi) is 5.44. The quantitative estimate of drug-likeness (QED) is 0.336. The first-order valence-electron chi connectivity index (χ1n) is 11.5. The summed E-state index contributed by atoms with van der Waals surface area (Å²) in [5.41, 5.74) is 6.38. The van der Waals surface area contributed by atoms with Crippen molar-refractivity contribution in [3.63, 3.8) is 0 Å². The minimum atomic E-state index is -0.0976. The molecular formula is C28H28N4O2. The molecule has 5 rings (SSSR count). The van der Waals surface area contributed by atoms with Crippen LogP contribution >= 0.6 is 0 Å². The molecule has 172 valence electrons. The predicted octanol–water partition coefficient (Wildman–Crippen LogP) is 5.85. The van der Waals surface area contributed by atoms with E-state index in [4.69, 9.17) is 9.40 Å². The highest BCUT2D eigenvalue weighted by molar-refractivity contribution is 5.95. The lowest BCUT2D eigenvalue weighted by Crippen LogP contribution is -2.22. The summed E-state index contributed by atoms with van der Waals surface area (Å²) < 4.78 is 9.52. The minimum Gasteiger partial charge on any atom is -0.441 e. The second-order valence-corrected chi connectivity index (χ2v) is 9.05. The Morgan fingerprint density at radius 3 is 2.35 bits per heavy atom. The molecular weight excluding hydrogens is 424 g/mol. The van der Waals surface area contributed by atoms with E-state index < -0.39 is 0 Å². The maximum atomic E-state index is 13.3. The van der Waals surface area contributed by atoms with Crippen LogP contribution in [0.1, 0.15) is 42.5 Å². The largest absolute Gasteiger partial charge is 0.441 e. The summed E-state index contributed by atoms with van der Waals surface area (Å²) in [6, 6.07) is 19.9. The summed E-state index contributed by atoms with van der Waals surface area (Å²) in [5.74, 6) is 1.73. The third-order valence-electron chi connectivity index (χ3n) is 6.36. The number of fused-ring (bicyclic) bond motifs is 1. The van der Waals surface area contributed by atoms with Gasteiger partial charge in [-0.1, -0.05) is 56.3 Å². The van der Waals surface area contributed by atoms with E-state index >= 15 is 0 Å². The first-order valence-corrected chi connectivity index (χ1v) is 11.5. The van der Waals surface area contributed by atoms with Gasteiger partial charge in [0.15, 0.2) is 0 Å². The summed E-state index contributed by atoms with van der Waals surface area (Å²) in [5, 5.41) is 5.60. The van der Waals surface area contributed by atoms with Gasteiger partial charge in [0.05, 0.1) is 12.2 Å². The van der Waals surface area contributed by atoms with Crippen LogP contribution in [0.25, 0.3) is 33.6 Å². The van der Waals surface area contributed by atoms with Crippen LogP contribution in [-0.2, 0) is 13.6 Å². The predicted molar refractivity (Wildman–Crippen MR) is 135 cm³/mol. The topological polar surface area (TPSA) is 65.8 Å². The number of oxazole rings is 1. The molecule has 0 spiro atoms. The van der Waals surface area contributed by atoms with Gasteiger partial charge in [0.2, 0.25) is 5.89 Å². The van der Waals surface area contributed by atoms with Gasteiger partial charge >= 0.3 is 0 Å². The van der Waals surface area contributed by atoms with Crippen LogP contribution in [0.2, 0.25) is 0 Å². The number of hydrogen-bond acceptors (Lipinski definition) is 4. The van der Waals surface area contributed by atoms with Crippen LogP contribution in [0.15, 0.2) is 69.9 Å². The Balaban J connectivity index is 1.59. The molecule has 2 aromatic carbocycles. The highest BCUT2D eigenvalue weighted by Crippen LogP contribution is 2.30. The molecule has 3 aromatic heterocycles. The van der Waals surface area contributed by atoms with Crippen molar-refractivity contribution >= 4 is 11.0 Å². The molecule has 5 aromatic rings. The summed E-state index contributed by atoms with van der Waals surface area (Å²) in [6.07, 6.45) is 0. The molecule has 0 aliphatic carbocycles. The highest BCUT2D eigenvalue weighted by Gasteiger charge is 2.20. The molecule has 0 radical (unpaired) electrons. The molecule has 0 saturated carbocycles. The first-order chi connectivity index (χ1) is 16.3. The summed E-state index contributed by atoms with van der Waals surface area (Å²) in [4.78, 5) is 18.1. The van der Waals surface area contributed by atoms with E-state index in [1.807, 2.05) is 63.4 Å². The number of benzene rings is 2. The molecule has 0 saturated heterocycles. The average molecular weight is 453 g/mol. The van der Waals surface area contributed by atoms with Crippen molar-refractivity contribution in [2.24, 2.45) is 7.05 Å². The average Bonchev–Trinajstić information content (AvgIpc) is 3.34. The molecule has 0 atom stereocenters. The van der Waals surface area contributed by atoms with Crippen molar-refractivity contribution < 1.29 is 4.42 Å². The second kappa shape index (κ2) is 8.45. The normalized spacial score (nSPS) is 11.6. The molecule has 0 bridgehead atoms. The van der Waals surface area contributed by atoms with Gasteiger partial charge in [0, 0.05) is 24.1 Å². The molecule has 3 heterocycles. The lowest BCUT2D eigenvalue weighted by Gasteiger charge is -2.11. The monoisotopic (exact) mass is 452 g/mol. The van der Waals surface area contributed by atoms with Gasteiger partial charge in [-0.2, -0.15) is 5.10 Å². The third-order valence-corrected chi connectivity index (χ3v) is 6.36. The Morgan fingerprint density at radius 2 is 1.68 bits per heavy atom. The van der Waals surface area contributed by atoms with Crippen LogP contribution in [-0.4, -0.2) is 19.3 Å². The van der Waals surface area contributed by atoms with E-state index in [2.05, 4.69) is 31.1 Å². The lowest BCUT2D eigenvalue weighted by atomic mass is 10.0. The van der Waals surface area contributed by atoms with Crippen molar-refractivity contribution in [3.05, 3.63) is 93.7 Å². The van der Waals surface area contributed by atoms with Gasteiger partial charge in [-0.3, -0.25) is 14.0 Å². The lowest BCUT2D eigenvalue weighted by molar-refractivity contribution is 0.537. The van der Waals surface area contributed by atoms with Gasteiger partial charge in [-0.15, -0.1) is 0 Å². The van der Waals surface area contributed by atoms with Gasteiger partial charge in [-0.25, -0.2) is 4.98 Å². The zero-order chi connectivity index (χ0) is 24.0. The van der Waals surface area contributed by atoms with Gasteiger partial charge in [-0.05, 0) is 48.6 Å². The number of aromatic nitrogens is 4. The van der Waals surface area contributed by atoms with Gasteiger partial charge < -0.3 is 4.42 Å². The minimum absolute atomic E-state index is 0.0976. The summed E-state index contributed by atoms with van der Waals surface area (Å²) in [7, 11) is 1.87. The zero-order valence-electron chi connectivity index (χ0n) is 20.2. The fourth-order valence-corrected chi connectivity index (χ4v) is 4.51. The van der Waals surface area contributed by atoms with Crippen molar-refractivity contribution in [1.29, 1.82) is 0 Å². The molecule has 0 amide bonds. The van der Waals surface area contributed by atoms with Crippen molar-refractivity contribution in [3.8, 4) is 22.6 Å². The number of rotatable bonds is 5. The second-order valence-electron chi connectivity index (χ2n) is 9.05. The van der Waals surface area contributed by atoms with E-state index in [0.717, 1.165) is 39.1 Å². The smallest absolute Gasteiger partial charge is 0.253 e. The standard InChI is InChI=1S/C28H28N4O2/c1-17(2)20-11-13-22(14-12-20)27-29-24(19(4)34-27)16-32-25(33)15-23(21-9-7-6-8-10-21)26-18(3)30-31(5)28(26)32/h6-15,17H,16H2,1-5H3. The van der Waals surface area contributed by atoms with E-state index in [-0.39, 0.29) is 5.56 Å². The molecule has 0 unspecified atom stereocenters. The SMILES string of the molecule is Cc1oc(-c2ccc(C(C)C)cc2)nc1Cn1c(=O)cc(-c2ccccc2)c2c(C)nn(C)c21. The fraction of sp³-hybridized carbons (Fsp3) is 0.250. The molecule has 0 aliphatic heterocycles. The third kappa shape index (κ3) is 3.75. The number of aryl methyl sites for hydroxylation is 3. The molecule has 0 N–H and O–H groups in total. The van der Waals surface area contributed by atoms with Crippen LogP contribution in [0.3, 0.4) is 0 Å². The van der Waals surface area contributed by atoms with E-state index in [1.165, 1.54) is 5.56 Å². The molecule has 0 aliphatic rings. The Labute approximate surface area is 198 Å². The van der Waals surface area contributed by atoms with Crippen LogP contribution < -0.4 is 5.56 Å². The van der Waals surface area contributed by atoms with Gasteiger partial charge in [0.25, 0.3) is 5.56 Å². The fourth-order valence-electron chi connectivity index (χ4n) is 4.51. The Hall–Kier alpha value is -3.93. The maximum Gasteiger partial charge on any atom is 0.253 e. The van der Waals surface area contributed by atoms with Crippen LogP contribution in [0.4, 0.5) is 0 Å². The van der Waals surface area contributed by atoms with E-state index in [9.17, 15) is 4.79 Å². The Bertz CT molecular complexity index is 1540. The number of hydrogen-bond donors (Lipinski definition) is 0. The number of pyridine rings is 1.